The molecule has 0 N–H and O–H groups in total. The van der Waals surface area contributed by atoms with Crippen LogP contribution in [-0.4, -0.2) is 22.4 Å². The Hall–Kier alpha value is -2.98. The van der Waals surface area contributed by atoms with Crippen LogP contribution in [-0.2, 0) is 23.7 Å². The summed E-state index contributed by atoms with van der Waals surface area (Å²) in [5, 5.41) is 2.27. The van der Waals surface area contributed by atoms with E-state index in [0.717, 1.165) is 25.7 Å². The monoisotopic (exact) mass is 502 g/mol. The first-order valence-electron chi connectivity index (χ1n) is 11.0. The summed E-state index contributed by atoms with van der Waals surface area (Å²) in [6.45, 7) is -0.743. The number of nitroso groups, excluding NO2 is 1. The SMILES string of the molecule is O=C1CCC2N1C21CCCC1c1ccc(F)cc1.O=NCc1cc(C(F)(F)F)cc(C(F)(F)F)c1. The number of halogens is 7. The average molecular weight is 502 g/mol. The molecule has 1 aliphatic carbocycles. The highest BCUT2D eigenvalue weighted by molar-refractivity contribution is 5.85. The number of nitrogens with zero attached hydrogens (tertiary/aromatic N) is 2. The van der Waals surface area contributed by atoms with Crippen molar-refractivity contribution in [1.29, 1.82) is 0 Å². The van der Waals surface area contributed by atoms with E-state index in [4.69, 9.17) is 0 Å². The molecule has 2 saturated heterocycles. The lowest BCUT2D eigenvalue weighted by molar-refractivity contribution is -0.143. The Bertz CT molecular complexity index is 1080. The summed E-state index contributed by atoms with van der Waals surface area (Å²) in [6, 6.07) is 8.27. The van der Waals surface area contributed by atoms with E-state index in [-0.39, 0.29) is 17.4 Å². The van der Waals surface area contributed by atoms with Crippen LogP contribution in [0.25, 0.3) is 0 Å². The largest absolute Gasteiger partial charge is 0.416 e. The Kier molecular flexibility index (Phi) is 6.39. The van der Waals surface area contributed by atoms with Gasteiger partial charge in [0.05, 0.1) is 22.7 Å². The first-order valence-corrected chi connectivity index (χ1v) is 11.0. The summed E-state index contributed by atoms with van der Waals surface area (Å²) >= 11 is 0. The van der Waals surface area contributed by atoms with E-state index in [1.54, 1.807) is 0 Å². The van der Waals surface area contributed by atoms with Gasteiger partial charge in [0.2, 0.25) is 5.91 Å². The van der Waals surface area contributed by atoms with Crippen LogP contribution in [0.2, 0.25) is 0 Å². The molecule has 35 heavy (non-hydrogen) atoms. The number of rotatable bonds is 3. The van der Waals surface area contributed by atoms with E-state index in [0.29, 0.717) is 30.0 Å². The highest BCUT2D eigenvalue weighted by Gasteiger charge is 2.71. The maximum Gasteiger partial charge on any atom is 0.416 e. The van der Waals surface area contributed by atoms with Crippen molar-refractivity contribution in [3.8, 4) is 0 Å². The van der Waals surface area contributed by atoms with E-state index in [1.807, 2.05) is 12.1 Å². The molecule has 3 aliphatic rings. The van der Waals surface area contributed by atoms with Crippen molar-refractivity contribution < 1.29 is 35.5 Å². The predicted molar refractivity (Wildman–Crippen MR) is 112 cm³/mol. The average Bonchev–Trinajstić information content (AvgIpc) is 3.02. The van der Waals surface area contributed by atoms with Crippen LogP contribution in [0.1, 0.15) is 60.3 Å². The highest BCUT2D eigenvalue weighted by Crippen LogP contribution is 2.63. The van der Waals surface area contributed by atoms with Gasteiger partial charge >= 0.3 is 12.4 Å². The van der Waals surface area contributed by atoms with Crippen LogP contribution in [0.5, 0.6) is 0 Å². The second kappa shape index (κ2) is 8.91. The number of fused-ring (bicyclic) bond motifs is 3. The van der Waals surface area contributed by atoms with Gasteiger partial charge in [-0.05, 0) is 60.7 Å². The van der Waals surface area contributed by atoms with Crippen molar-refractivity contribution in [2.75, 3.05) is 0 Å². The van der Waals surface area contributed by atoms with Crippen molar-refractivity contribution in [3.05, 3.63) is 75.4 Å². The van der Waals surface area contributed by atoms with Crippen LogP contribution in [0, 0.1) is 10.7 Å². The van der Waals surface area contributed by atoms with Crippen LogP contribution in [0.3, 0.4) is 0 Å². The molecule has 0 radical (unpaired) electrons. The molecule has 4 nitrogen and oxygen atoms in total. The fourth-order valence-electron chi connectivity index (χ4n) is 5.61. The second-order valence-corrected chi connectivity index (χ2v) is 9.01. The third kappa shape index (κ3) is 4.77. The maximum absolute atomic E-state index is 13.0. The van der Waals surface area contributed by atoms with Crippen LogP contribution in [0.4, 0.5) is 30.7 Å². The molecule has 2 heterocycles. The molecule has 2 aromatic rings. The molecule has 5 rings (SSSR count). The van der Waals surface area contributed by atoms with Crippen molar-refractivity contribution >= 4 is 5.91 Å². The van der Waals surface area contributed by atoms with Crippen molar-refractivity contribution in [1.82, 2.24) is 4.90 Å². The Morgan fingerprint density at radius 1 is 0.943 bits per heavy atom. The summed E-state index contributed by atoms with van der Waals surface area (Å²) in [6.07, 6.45) is -4.61. The Labute approximate surface area is 196 Å². The van der Waals surface area contributed by atoms with Gasteiger partial charge in [0.25, 0.3) is 0 Å². The van der Waals surface area contributed by atoms with E-state index in [9.17, 15) is 40.4 Å². The highest BCUT2D eigenvalue weighted by atomic mass is 19.4. The van der Waals surface area contributed by atoms with Gasteiger partial charge in [-0.1, -0.05) is 23.7 Å². The smallest absolute Gasteiger partial charge is 0.329 e. The number of hydrogen-bond donors (Lipinski definition) is 0. The molecule has 3 atom stereocenters. The van der Waals surface area contributed by atoms with Gasteiger partial charge in [0, 0.05) is 12.3 Å². The Morgan fingerprint density at radius 2 is 1.54 bits per heavy atom. The van der Waals surface area contributed by atoms with Crippen LogP contribution >= 0.6 is 0 Å². The minimum Gasteiger partial charge on any atom is -0.329 e. The standard InChI is InChI=1S/C15H16FNO.C9H5F6NO/c16-11-5-3-10(4-6-11)12-2-1-9-15(12)13-7-8-14(18)17(13)15;10-8(11,12)6-1-5(4-16-17)2-7(3-6)9(13,14)15/h3-6,12-13H,1-2,7-9H2;1-3H,4H2. The molecule has 11 heteroatoms. The predicted octanol–water partition coefficient (Wildman–Crippen LogP) is 6.83. The number of benzene rings is 2. The summed E-state index contributed by atoms with van der Waals surface area (Å²) in [5.41, 5.74) is -2.03. The molecule has 1 amide bonds. The third-order valence-corrected chi connectivity index (χ3v) is 7.01. The minimum atomic E-state index is -4.90. The molecule has 1 saturated carbocycles. The molecular formula is C24H21F7N2O2. The van der Waals surface area contributed by atoms with Gasteiger partial charge < -0.3 is 4.90 Å². The zero-order valence-corrected chi connectivity index (χ0v) is 18.3. The lowest BCUT2D eigenvalue weighted by atomic mass is 9.84. The van der Waals surface area contributed by atoms with Gasteiger partial charge in [-0.3, -0.25) is 4.79 Å². The molecule has 3 fully saturated rings. The lowest BCUT2D eigenvalue weighted by Crippen LogP contribution is -2.28. The topological polar surface area (TPSA) is 49.5 Å². The normalized spacial score (nSPS) is 25.3. The van der Waals surface area contributed by atoms with Crippen LogP contribution in [0.15, 0.2) is 47.6 Å². The van der Waals surface area contributed by atoms with Gasteiger partial charge in [-0.15, -0.1) is 0 Å². The zero-order valence-electron chi connectivity index (χ0n) is 18.3. The van der Waals surface area contributed by atoms with E-state index in [1.165, 1.54) is 24.1 Å². The summed E-state index contributed by atoms with van der Waals surface area (Å²) in [7, 11) is 0. The van der Waals surface area contributed by atoms with Crippen molar-refractivity contribution in [2.45, 2.75) is 68.5 Å². The van der Waals surface area contributed by atoms with E-state index >= 15 is 0 Å². The molecule has 0 aromatic heterocycles. The number of carbonyl (C=O) groups is 1. The molecular weight excluding hydrogens is 481 g/mol. The summed E-state index contributed by atoms with van der Waals surface area (Å²) < 4.78 is 86.8. The second-order valence-electron chi connectivity index (χ2n) is 9.01. The van der Waals surface area contributed by atoms with Crippen molar-refractivity contribution in [2.24, 2.45) is 5.18 Å². The number of alkyl halides is 6. The summed E-state index contributed by atoms with van der Waals surface area (Å²) in [5.74, 6) is 0.569. The number of amides is 1. The van der Waals surface area contributed by atoms with Crippen LogP contribution < -0.4 is 0 Å². The molecule has 0 bridgehead atoms. The van der Waals surface area contributed by atoms with Gasteiger partial charge in [0.1, 0.15) is 12.4 Å². The van der Waals surface area contributed by atoms with Crippen molar-refractivity contribution in [3.63, 3.8) is 0 Å². The quantitative estimate of drug-likeness (QED) is 0.263. The molecule has 2 aromatic carbocycles. The minimum absolute atomic E-state index is 0.00565. The van der Waals surface area contributed by atoms with Gasteiger partial charge in [-0.25, -0.2) is 4.39 Å². The Balaban J connectivity index is 0.000000166. The maximum atomic E-state index is 13.0. The fourth-order valence-corrected chi connectivity index (χ4v) is 5.61. The van der Waals surface area contributed by atoms with Gasteiger partial charge in [0.15, 0.2) is 0 Å². The Morgan fingerprint density at radius 3 is 2.03 bits per heavy atom. The number of carbonyl (C=O) groups excluding carboxylic acids is 1. The molecule has 3 unspecified atom stereocenters. The first-order chi connectivity index (χ1) is 16.4. The summed E-state index contributed by atoms with van der Waals surface area (Å²) in [4.78, 5) is 23.9. The number of piperidine rings is 1. The molecule has 1 spiro atoms. The lowest BCUT2D eigenvalue weighted by Gasteiger charge is -2.22. The fraction of sp³-hybridized carbons (Fsp3) is 0.458. The first kappa shape index (κ1) is 25.1. The molecule has 188 valence electrons. The van der Waals surface area contributed by atoms with E-state index < -0.39 is 35.6 Å². The number of hydrogen-bond acceptors (Lipinski definition) is 3. The van der Waals surface area contributed by atoms with Gasteiger partial charge in [-0.2, -0.15) is 31.2 Å². The third-order valence-electron chi connectivity index (χ3n) is 7.01. The van der Waals surface area contributed by atoms with E-state index in [2.05, 4.69) is 10.1 Å². The zero-order chi connectivity index (χ0) is 25.6. The molecule has 2 aliphatic heterocycles.